The second kappa shape index (κ2) is 4.88. The molecule has 1 aliphatic carbocycles. The van der Waals surface area contributed by atoms with E-state index in [0.29, 0.717) is 0 Å². The molecule has 2 atom stereocenters. The number of nitrogens with two attached hydrogens (primary N) is 1. The first kappa shape index (κ1) is 13.3. The zero-order valence-corrected chi connectivity index (χ0v) is 11.6. The minimum absolute atomic E-state index is 0.00425. The third-order valence-corrected chi connectivity index (χ3v) is 3.92. The molecule has 0 saturated carbocycles. The van der Waals surface area contributed by atoms with Crippen LogP contribution in [0.2, 0.25) is 0 Å². The van der Waals surface area contributed by atoms with Crippen molar-refractivity contribution in [3.63, 3.8) is 0 Å². The van der Waals surface area contributed by atoms with Gasteiger partial charge in [-0.1, -0.05) is 44.6 Å². The van der Waals surface area contributed by atoms with E-state index in [1.165, 1.54) is 5.57 Å². The average Bonchev–Trinajstić information content (AvgIpc) is 2.74. The first-order valence-electron chi connectivity index (χ1n) is 6.80. The third-order valence-electron chi connectivity index (χ3n) is 3.92. The lowest BCUT2D eigenvalue weighted by Crippen LogP contribution is -2.39. The largest absolute Gasteiger partial charge is 0.338 e. The molecule has 0 aromatic rings. The summed E-state index contributed by atoms with van der Waals surface area (Å²) in [5.74, 6) is 0.244. The molecule has 1 heterocycles. The van der Waals surface area contributed by atoms with Gasteiger partial charge in [-0.15, -0.1) is 0 Å². The summed E-state index contributed by atoms with van der Waals surface area (Å²) >= 11 is 0. The van der Waals surface area contributed by atoms with Crippen LogP contribution >= 0.6 is 0 Å². The summed E-state index contributed by atoms with van der Waals surface area (Å²) in [5.41, 5.74) is 7.49. The third kappa shape index (κ3) is 2.83. The van der Waals surface area contributed by atoms with Gasteiger partial charge in [0.25, 0.3) is 0 Å². The molecule has 0 radical (unpaired) electrons. The van der Waals surface area contributed by atoms with Gasteiger partial charge in [0.05, 0.1) is 5.92 Å². The molecular weight excluding hydrogens is 224 g/mol. The molecule has 0 fully saturated rings. The summed E-state index contributed by atoms with van der Waals surface area (Å²) < 4.78 is 0. The Morgan fingerprint density at radius 3 is 2.56 bits per heavy atom. The molecule has 0 spiro atoms. The van der Waals surface area contributed by atoms with Gasteiger partial charge in [-0.3, -0.25) is 4.79 Å². The first-order valence-corrected chi connectivity index (χ1v) is 6.80. The van der Waals surface area contributed by atoms with Crippen LogP contribution in [0.5, 0.6) is 0 Å². The second-order valence-corrected chi connectivity index (χ2v) is 6.40. The SMILES string of the molecule is CC(C)(C)C1=CCN(C(=O)C2C=CC(N)C2)CC1. The highest BCUT2D eigenvalue weighted by Crippen LogP contribution is 2.31. The summed E-state index contributed by atoms with van der Waals surface area (Å²) in [5, 5.41) is 0. The highest BCUT2D eigenvalue weighted by molar-refractivity contribution is 5.81. The van der Waals surface area contributed by atoms with E-state index in [0.717, 1.165) is 25.9 Å². The van der Waals surface area contributed by atoms with Gasteiger partial charge in [-0.25, -0.2) is 0 Å². The Kier molecular flexibility index (Phi) is 3.62. The Labute approximate surface area is 110 Å². The standard InChI is InChI=1S/C15H24N2O/c1-15(2,3)12-6-8-17(9-7-12)14(18)11-4-5-13(16)10-11/h4-6,11,13H,7-10,16H2,1-3H3. The van der Waals surface area contributed by atoms with Crippen molar-refractivity contribution in [2.75, 3.05) is 13.1 Å². The Balaban J connectivity index is 1.96. The zero-order valence-electron chi connectivity index (χ0n) is 11.6. The van der Waals surface area contributed by atoms with Crippen LogP contribution in [0.1, 0.15) is 33.6 Å². The van der Waals surface area contributed by atoms with Gasteiger partial charge in [-0.2, -0.15) is 0 Å². The molecule has 100 valence electrons. The van der Waals surface area contributed by atoms with E-state index in [1.54, 1.807) is 0 Å². The van der Waals surface area contributed by atoms with Crippen molar-refractivity contribution < 1.29 is 4.79 Å². The molecule has 0 saturated heterocycles. The highest BCUT2D eigenvalue weighted by Gasteiger charge is 2.29. The molecule has 3 nitrogen and oxygen atoms in total. The Bertz CT molecular complexity index is 390. The summed E-state index contributed by atoms with van der Waals surface area (Å²) in [7, 11) is 0. The van der Waals surface area contributed by atoms with Crippen molar-refractivity contribution in [2.24, 2.45) is 17.1 Å². The summed E-state index contributed by atoms with van der Waals surface area (Å²) in [6.07, 6.45) is 7.90. The van der Waals surface area contributed by atoms with Crippen LogP contribution in [0.15, 0.2) is 23.8 Å². The monoisotopic (exact) mass is 248 g/mol. The van der Waals surface area contributed by atoms with Crippen LogP contribution in [-0.4, -0.2) is 29.9 Å². The molecular formula is C15H24N2O. The summed E-state index contributed by atoms with van der Waals surface area (Å²) in [6, 6.07) is 0.0596. The van der Waals surface area contributed by atoms with Crippen LogP contribution in [0.25, 0.3) is 0 Å². The molecule has 2 unspecified atom stereocenters. The maximum Gasteiger partial charge on any atom is 0.229 e. The predicted octanol–water partition coefficient (Wildman–Crippen LogP) is 2.09. The first-order chi connectivity index (χ1) is 8.38. The van der Waals surface area contributed by atoms with Crippen LogP contribution in [0.3, 0.4) is 0 Å². The van der Waals surface area contributed by atoms with Crippen LogP contribution in [0.4, 0.5) is 0 Å². The van der Waals surface area contributed by atoms with E-state index in [2.05, 4.69) is 26.8 Å². The molecule has 2 N–H and O–H groups in total. The molecule has 2 aliphatic rings. The Hall–Kier alpha value is -1.09. The molecule has 0 aromatic carbocycles. The van der Waals surface area contributed by atoms with E-state index in [1.807, 2.05) is 17.1 Å². The van der Waals surface area contributed by atoms with Crippen molar-refractivity contribution in [3.8, 4) is 0 Å². The molecule has 2 rings (SSSR count). The number of hydrogen-bond donors (Lipinski definition) is 1. The lowest BCUT2D eigenvalue weighted by molar-refractivity contribution is -0.133. The van der Waals surface area contributed by atoms with Gasteiger partial charge < -0.3 is 10.6 Å². The molecule has 3 heteroatoms. The van der Waals surface area contributed by atoms with E-state index in [-0.39, 0.29) is 23.3 Å². The zero-order chi connectivity index (χ0) is 13.3. The number of carbonyl (C=O) groups excluding carboxylic acids is 1. The maximum absolute atomic E-state index is 12.3. The van der Waals surface area contributed by atoms with E-state index >= 15 is 0 Å². The van der Waals surface area contributed by atoms with Gasteiger partial charge in [0, 0.05) is 19.1 Å². The van der Waals surface area contributed by atoms with Crippen molar-refractivity contribution in [3.05, 3.63) is 23.8 Å². The minimum Gasteiger partial charge on any atom is -0.338 e. The number of hydrogen-bond acceptors (Lipinski definition) is 2. The molecule has 1 amide bonds. The van der Waals surface area contributed by atoms with Crippen LogP contribution in [-0.2, 0) is 4.79 Å². The fourth-order valence-corrected chi connectivity index (χ4v) is 2.70. The van der Waals surface area contributed by atoms with Crippen molar-refractivity contribution in [1.29, 1.82) is 0 Å². The second-order valence-electron chi connectivity index (χ2n) is 6.40. The minimum atomic E-state index is 0.00425. The predicted molar refractivity (Wildman–Crippen MR) is 74.0 cm³/mol. The average molecular weight is 248 g/mol. The van der Waals surface area contributed by atoms with Crippen LogP contribution in [0, 0.1) is 11.3 Å². The van der Waals surface area contributed by atoms with Crippen molar-refractivity contribution >= 4 is 5.91 Å². The van der Waals surface area contributed by atoms with Crippen molar-refractivity contribution in [2.45, 2.75) is 39.7 Å². The van der Waals surface area contributed by atoms with Gasteiger partial charge in [-0.05, 0) is 18.3 Å². The fourth-order valence-electron chi connectivity index (χ4n) is 2.70. The van der Waals surface area contributed by atoms with Crippen LogP contribution < -0.4 is 5.73 Å². The number of rotatable bonds is 1. The topological polar surface area (TPSA) is 46.3 Å². The summed E-state index contributed by atoms with van der Waals surface area (Å²) in [6.45, 7) is 8.30. The fraction of sp³-hybridized carbons (Fsp3) is 0.667. The highest BCUT2D eigenvalue weighted by atomic mass is 16.2. The molecule has 1 aliphatic heterocycles. The molecule has 0 aromatic heterocycles. The van der Waals surface area contributed by atoms with Gasteiger partial charge in [0.15, 0.2) is 0 Å². The van der Waals surface area contributed by atoms with Crippen molar-refractivity contribution in [1.82, 2.24) is 4.90 Å². The Morgan fingerprint density at radius 2 is 2.11 bits per heavy atom. The van der Waals surface area contributed by atoms with E-state index in [4.69, 9.17) is 5.73 Å². The lowest BCUT2D eigenvalue weighted by Gasteiger charge is -2.33. The van der Waals surface area contributed by atoms with Gasteiger partial charge in [0.2, 0.25) is 5.91 Å². The number of nitrogens with zero attached hydrogens (tertiary/aromatic N) is 1. The summed E-state index contributed by atoms with van der Waals surface area (Å²) in [4.78, 5) is 14.3. The van der Waals surface area contributed by atoms with Gasteiger partial charge in [0.1, 0.15) is 0 Å². The number of amides is 1. The van der Waals surface area contributed by atoms with Gasteiger partial charge >= 0.3 is 0 Å². The normalized spacial score (nSPS) is 28.4. The van der Waals surface area contributed by atoms with E-state index < -0.39 is 0 Å². The van der Waals surface area contributed by atoms with E-state index in [9.17, 15) is 4.79 Å². The maximum atomic E-state index is 12.3. The molecule has 18 heavy (non-hydrogen) atoms. The number of carbonyl (C=O) groups is 1. The quantitative estimate of drug-likeness (QED) is 0.722. The molecule has 0 bridgehead atoms. The lowest BCUT2D eigenvalue weighted by atomic mass is 9.83. The smallest absolute Gasteiger partial charge is 0.229 e. The Morgan fingerprint density at radius 1 is 1.39 bits per heavy atom.